The summed E-state index contributed by atoms with van der Waals surface area (Å²) in [7, 11) is 0. The Bertz CT molecular complexity index is 528. The van der Waals surface area contributed by atoms with Gasteiger partial charge in [-0.3, -0.25) is 0 Å². The monoisotopic (exact) mass is 288 g/mol. The molecule has 106 valence electrons. The van der Waals surface area contributed by atoms with Crippen molar-refractivity contribution < 1.29 is 0 Å². The van der Waals surface area contributed by atoms with Crippen LogP contribution in [0, 0.1) is 0 Å². The van der Waals surface area contributed by atoms with Crippen molar-refractivity contribution in [1.82, 2.24) is 0 Å². The summed E-state index contributed by atoms with van der Waals surface area (Å²) in [6.07, 6.45) is 0.906. The fourth-order valence-electron chi connectivity index (χ4n) is 2.31. The molecule has 2 nitrogen and oxygen atoms in total. The van der Waals surface area contributed by atoms with Crippen LogP contribution in [0.3, 0.4) is 0 Å². The van der Waals surface area contributed by atoms with Gasteiger partial charge in [0.2, 0.25) is 0 Å². The maximum atomic E-state index is 6.26. The number of benzene rings is 2. The van der Waals surface area contributed by atoms with Crippen molar-refractivity contribution in [2.24, 2.45) is 5.73 Å². The molecule has 0 fully saturated rings. The summed E-state index contributed by atoms with van der Waals surface area (Å²) in [5.41, 5.74) is 8.60. The van der Waals surface area contributed by atoms with Crippen LogP contribution in [0.15, 0.2) is 54.6 Å². The fraction of sp³-hybridized carbons (Fsp3) is 0.294. The van der Waals surface area contributed by atoms with Gasteiger partial charge in [0.05, 0.1) is 0 Å². The predicted octanol–water partition coefficient (Wildman–Crippen LogP) is 4.26. The molecular formula is C17H21ClN2. The van der Waals surface area contributed by atoms with Gasteiger partial charge < -0.3 is 10.6 Å². The first-order valence-electron chi connectivity index (χ1n) is 7.01. The molecular weight excluding hydrogens is 268 g/mol. The Hall–Kier alpha value is -1.51. The molecule has 0 amide bonds. The molecule has 20 heavy (non-hydrogen) atoms. The van der Waals surface area contributed by atoms with Crippen LogP contribution in [0.2, 0.25) is 5.02 Å². The third-order valence-corrected chi connectivity index (χ3v) is 3.73. The van der Waals surface area contributed by atoms with E-state index in [0.717, 1.165) is 30.1 Å². The molecule has 0 bridgehead atoms. The normalized spacial score (nSPS) is 12.2. The third-order valence-electron chi connectivity index (χ3n) is 3.49. The topological polar surface area (TPSA) is 29.3 Å². The first-order chi connectivity index (χ1) is 9.70. The van der Waals surface area contributed by atoms with Crippen LogP contribution in [0.1, 0.15) is 24.9 Å². The van der Waals surface area contributed by atoms with E-state index in [1.165, 1.54) is 5.69 Å². The van der Waals surface area contributed by atoms with Crippen LogP contribution in [0.4, 0.5) is 5.69 Å². The van der Waals surface area contributed by atoms with Gasteiger partial charge in [0.1, 0.15) is 0 Å². The molecule has 0 saturated carbocycles. The molecule has 2 rings (SSSR count). The van der Waals surface area contributed by atoms with Crippen molar-refractivity contribution in [3.05, 3.63) is 65.2 Å². The fourth-order valence-corrected chi connectivity index (χ4v) is 2.51. The Balaban J connectivity index is 1.96. The Kier molecular flexibility index (Phi) is 5.45. The van der Waals surface area contributed by atoms with Crippen LogP contribution in [-0.2, 0) is 0 Å². The lowest BCUT2D eigenvalue weighted by Crippen LogP contribution is -2.27. The van der Waals surface area contributed by atoms with Gasteiger partial charge in [-0.15, -0.1) is 0 Å². The summed E-state index contributed by atoms with van der Waals surface area (Å²) in [5.74, 6) is 0. The van der Waals surface area contributed by atoms with Crippen molar-refractivity contribution in [3.8, 4) is 0 Å². The molecule has 0 spiro atoms. The zero-order chi connectivity index (χ0) is 14.4. The van der Waals surface area contributed by atoms with Gasteiger partial charge in [-0.05, 0) is 43.2 Å². The molecule has 2 aromatic carbocycles. The van der Waals surface area contributed by atoms with Gasteiger partial charge in [-0.25, -0.2) is 0 Å². The number of halogens is 1. The van der Waals surface area contributed by atoms with E-state index in [1.54, 1.807) is 0 Å². The lowest BCUT2D eigenvalue weighted by molar-refractivity contribution is 0.632. The van der Waals surface area contributed by atoms with Gasteiger partial charge in [-0.1, -0.05) is 41.9 Å². The molecule has 1 unspecified atom stereocenters. The maximum absolute atomic E-state index is 6.26. The Morgan fingerprint density at radius 2 is 1.85 bits per heavy atom. The van der Waals surface area contributed by atoms with Gasteiger partial charge >= 0.3 is 0 Å². The zero-order valence-electron chi connectivity index (χ0n) is 11.8. The molecule has 2 aromatic rings. The van der Waals surface area contributed by atoms with E-state index in [-0.39, 0.29) is 6.04 Å². The van der Waals surface area contributed by atoms with Crippen molar-refractivity contribution in [3.63, 3.8) is 0 Å². The minimum absolute atomic E-state index is 0.0199. The molecule has 2 N–H and O–H groups in total. The molecule has 0 aliphatic heterocycles. The average Bonchev–Trinajstić information content (AvgIpc) is 2.49. The number of nitrogens with two attached hydrogens (primary N) is 1. The molecule has 3 heteroatoms. The summed E-state index contributed by atoms with van der Waals surface area (Å²) < 4.78 is 0. The van der Waals surface area contributed by atoms with Crippen molar-refractivity contribution in [2.75, 3.05) is 18.0 Å². The molecule has 0 heterocycles. The quantitative estimate of drug-likeness (QED) is 0.861. The summed E-state index contributed by atoms with van der Waals surface area (Å²) in [4.78, 5) is 2.34. The molecule has 0 saturated heterocycles. The molecule has 0 aliphatic rings. The van der Waals surface area contributed by atoms with Gasteiger partial charge in [-0.2, -0.15) is 0 Å². The minimum Gasteiger partial charge on any atom is -0.372 e. The van der Waals surface area contributed by atoms with Crippen molar-refractivity contribution >= 4 is 17.3 Å². The van der Waals surface area contributed by atoms with Crippen LogP contribution in [0.25, 0.3) is 0 Å². The van der Waals surface area contributed by atoms with E-state index >= 15 is 0 Å². The average molecular weight is 289 g/mol. The summed E-state index contributed by atoms with van der Waals surface area (Å²) >= 11 is 6.01. The second kappa shape index (κ2) is 7.32. The minimum atomic E-state index is 0.0199. The first kappa shape index (κ1) is 14.9. The number of rotatable bonds is 6. The molecule has 0 aliphatic carbocycles. The smallest absolute Gasteiger partial charge is 0.0409 e. The first-order valence-corrected chi connectivity index (χ1v) is 7.39. The standard InChI is InChI=1S/C17H21ClN2/c1-2-20(16-9-4-3-5-10-16)12-11-17(19)14-7-6-8-15(18)13-14/h3-10,13,17H,2,11-12,19H2,1H3. The maximum Gasteiger partial charge on any atom is 0.0409 e. The van der Waals surface area contributed by atoms with Gasteiger partial charge in [0.15, 0.2) is 0 Å². The Morgan fingerprint density at radius 3 is 2.50 bits per heavy atom. The number of nitrogens with zero attached hydrogens (tertiary/aromatic N) is 1. The van der Waals surface area contributed by atoms with Crippen molar-refractivity contribution in [1.29, 1.82) is 0 Å². The highest BCUT2D eigenvalue weighted by molar-refractivity contribution is 6.30. The number of hydrogen-bond donors (Lipinski definition) is 1. The highest BCUT2D eigenvalue weighted by atomic mass is 35.5. The van der Waals surface area contributed by atoms with Crippen LogP contribution in [0.5, 0.6) is 0 Å². The van der Waals surface area contributed by atoms with Crippen LogP contribution >= 0.6 is 11.6 Å². The van der Waals surface area contributed by atoms with Gasteiger partial charge in [0, 0.05) is 29.8 Å². The van der Waals surface area contributed by atoms with E-state index in [4.69, 9.17) is 17.3 Å². The summed E-state index contributed by atoms with van der Waals surface area (Å²) in [5, 5.41) is 0.744. The number of para-hydroxylation sites is 1. The third kappa shape index (κ3) is 3.99. The van der Waals surface area contributed by atoms with E-state index in [0.29, 0.717) is 0 Å². The largest absolute Gasteiger partial charge is 0.372 e. The van der Waals surface area contributed by atoms with Crippen LogP contribution in [-0.4, -0.2) is 13.1 Å². The molecule has 0 radical (unpaired) electrons. The Labute approximate surface area is 126 Å². The number of anilines is 1. The number of hydrogen-bond acceptors (Lipinski definition) is 2. The lowest BCUT2D eigenvalue weighted by Gasteiger charge is -2.25. The second-order valence-corrected chi connectivity index (χ2v) is 5.30. The van der Waals surface area contributed by atoms with Crippen molar-refractivity contribution in [2.45, 2.75) is 19.4 Å². The van der Waals surface area contributed by atoms with E-state index in [2.05, 4.69) is 36.1 Å². The predicted molar refractivity (Wildman–Crippen MR) is 87.3 cm³/mol. The molecule has 0 aromatic heterocycles. The second-order valence-electron chi connectivity index (χ2n) is 4.87. The van der Waals surface area contributed by atoms with Gasteiger partial charge in [0.25, 0.3) is 0 Å². The lowest BCUT2D eigenvalue weighted by atomic mass is 10.0. The van der Waals surface area contributed by atoms with Crippen LogP contribution < -0.4 is 10.6 Å². The summed E-state index contributed by atoms with van der Waals surface area (Å²) in [6, 6.07) is 18.3. The van der Waals surface area contributed by atoms with E-state index < -0.39 is 0 Å². The highest BCUT2D eigenvalue weighted by Crippen LogP contribution is 2.20. The summed E-state index contributed by atoms with van der Waals surface area (Å²) in [6.45, 7) is 4.08. The Morgan fingerprint density at radius 1 is 1.10 bits per heavy atom. The molecule has 1 atom stereocenters. The SMILES string of the molecule is CCN(CCC(N)c1cccc(Cl)c1)c1ccccc1. The highest BCUT2D eigenvalue weighted by Gasteiger charge is 2.09. The van der Waals surface area contributed by atoms with E-state index in [9.17, 15) is 0 Å². The zero-order valence-corrected chi connectivity index (χ0v) is 12.6. The van der Waals surface area contributed by atoms with E-state index in [1.807, 2.05) is 30.3 Å².